The van der Waals surface area contributed by atoms with Crippen LogP contribution < -0.4 is 5.32 Å². The average Bonchev–Trinajstić information content (AvgIpc) is 3.23. The van der Waals surface area contributed by atoms with Gasteiger partial charge in [0.15, 0.2) is 16.4 Å². The second-order valence-corrected chi connectivity index (χ2v) is 8.85. The minimum absolute atomic E-state index is 0.0158. The molecule has 3 rings (SSSR count). The fraction of sp³-hybridized carbons (Fsp3) is 0.375. The van der Waals surface area contributed by atoms with Gasteiger partial charge in [0.25, 0.3) is 5.91 Å². The molecule has 0 radical (unpaired) electrons. The van der Waals surface area contributed by atoms with Crippen molar-refractivity contribution in [2.45, 2.75) is 12.8 Å². The van der Waals surface area contributed by atoms with Gasteiger partial charge in [-0.15, -0.1) is 0 Å². The van der Waals surface area contributed by atoms with Gasteiger partial charge in [-0.25, -0.2) is 18.1 Å². The minimum atomic E-state index is -3.06. The average molecular weight is 413 g/mol. The summed E-state index contributed by atoms with van der Waals surface area (Å²) in [5, 5.41) is 7.03. The van der Waals surface area contributed by atoms with E-state index in [1.807, 2.05) is 0 Å². The number of carbonyl (C=O) groups is 2. The fourth-order valence-electron chi connectivity index (χ4n) is 2.80. The van der Waals surface area contributed by atoms with Gasteiger partial charge in [-0.05, 0) is 30.5 Å². The first kappa shape index (κ1) is 19.3. The van der Waals surface area contributed by atoms with Crippen LogP contribution in [-0.2, 0) is 24.2 Å². The number of carbonyl (C=O) groups excluding carboxylic acids is 2. The zero-order chi connectivity index (χ0) is 19.4. The van der Waals surface area contributed by atoms with E-state index < -0.39 is 28.3 Å². The lowest BCUT2D eigenvalue weighted by atomic mass is 10.1. The fourth-order valence-corrected chi connectivity index (χ4v) is 4.83. The molecule has 0 spiro atoms. The molecule has 1 aromatic carbocycles. The van der Waals surface area contributed by atoms with Gasteiger partial charge < -0.3 is 10.1 Å². The molecule has 1 amide bonds. The van der Waals surface area contributed by atoms with E-state index in [0.717, 1.165) is 0 Å². The third-order valence-corrected chi connectivity index (χ3v) is 6.12. The standard InChI is InChI=1S/C16H17ClN4O5S/c17-12-1-2-14(21-10-18-9-19-21)13(6-12)20-15(22)7-26-16(23)5-11-3-4-27(24,25)8-11/h1-2,6,9-11H,3-5,7-8H2,(H,20,22)/t11-/m1/s1. The van der Waals surface area contributed by atoms with Crippen molar-refractivity contribution in [3.05, 3.63) is 35.9 Å². The maximum atomic E-state index is 12.1. The number of rotatable bonds is 6. The normalized spacial score (nSPS) is 18.2. The lowest BCUT2D eigenvalue weighted by Gasteiger charge is -2.12. The Hall–Kier alpha value is -2.46. The van der Waals surface area contributed by atoms with Crippen molar-refractivity contribution < 1.29 is 22.7 Å². The number of ether oxygens (including phenoxy) is 1. The number of anilines is 1. The number of aromatic nitrogens is 3. The molecule has 1 aromatic heterocycles. The number of amides is 1. The van der Waals surface area contributed by atoms with E-state index in [0.29, 0.717) is 22.8 Å². The van der Waals surface area contributed by atoms with Gasteiger partial charge in [0.05, 0.1) is 22.9 Å². The third-order valence-electron chi connectivity index (χ3n) is 4.04. The number of benzene rings is 1. The molecule has 0 aliphatic carbocycles. The Bertz CT molecular complexity index is 946. The van der Waals surface area contributed by atoms with Crippen LogP contribution in [0.5, 0.6) is 0 Å². The lowest BCUT2D eigenvalue weighted by molar-refractivity contribution is -0.148. The molecule has 1 atom stereocenters. The molecule has 1 saturated heterocycles. The Balaban J connectivity index is 1.55. The number of hydrogen-bond acceptors (Lipinski definition) is 7. The quantitative estimate of drug-likeness (QED) is 0.708. The van der Waals surface area contributed by atoms with Crippen LogP contribution in [0.2, 0.25) is 5.02 Å². The van der Waals surface area contributed by atoms with Crippen molar-refractivity contribution in [3.63, 3.8) is 0 Å². The van der Waals surface area contributed by atoms with Gasteiger partial charge >= 0.3 is 5.97 Å². The molecule has 144 valence electrons. The van der Waals surface area contributed by atoms with Crippen LogP contribution in [0, 0.1) is 5.92 Å². The highest BCUT2D eigenvalue weighted by Crippen LogP contribution is 2.24. The monoisotopic (exact) mass is 412 g/mol. The summed E-state index contributed by atoms with van der Waals surface area (Å²) in [6, 6.07) is 4.85. The zero-order valence-corrected chi connectivity index (χ0v) is 15.7. The number of nitrogens with one attached hydrogen (secondary N) is 1. The first-order chi connectivity index (χ1) is 12.8. The molecule has 1 aliphatic rings. The zero-order valence-electron chi connectivity index (χ0n) is 14.2. The molecule has 0 unspecified atom stereocenters. The van der Waals surface area contributed by atoms with Gasteiger partial charge in [0.2, 0.25) is 0 Å². The van der Waals surface area contributed by atoms with Gasteiger partial charge in [-0.1, -0.05) is 11.6 Å². The van der Waals surface area contributed by atoms with Gasteiger partial charge in [0.1, 0.15) is 12.7 Å². The van der Waals surface area contributed by atoms with Crippen molar-refractivity contribution in [2.24, 2.45) is 5.92 Å². The first-order valence-corrected chi connectivity index (χ1v) is 10.3. The van der Waals surface area contributed by atoms with Gasteiger partial charge in [-0.3, -0.25) is 9.59 Å². The summed E-state index contributed by atoms with van der Waals surface area (Å²) >= 11 is 5.98. The maximum Gasteiger partial charge on any atom is 0.306 e. The Morgan fingerprint density at radius 3 is 2.85 bits per heavy atom. The molecule has 0 bridgehead atoms. The van der Waals surface area contributed by atoms with Crippen LogP contribution in [0.15, 0.2) is 30.9 Å². The van der Waals surface area contributed by atoms with Crippen molar-refractivity contribution in [1.82, 2.24) is 14.8 Å². The minimum Gasteiger partial charge on any atom is -0.456 e. The van der Waals surface area contributed by atoms with Crippen molar-refractivity contribution in [3.8, 4) is 5.69 Å². The topological polar surface area (TPSA) is 120 Å². The Morgan fingerprint density at radius 2 is 2.19 bits per heavy atom. The van der Waals surface area contributed by atoms with Gasteiger partial charge in [0, 0.05) is 11.4 Å². The number of esters is 1. The highest BCUT2D eigenvalue weighted by molar-refractivity contribution is 7.91. The molecule has 1 aliphatic heterocycles. The van der Waals surface area contributed by atoms with Crippen LogP contribution in [-0.4, -0.2) is 53.2 Å². The molecule has 1 N–H and O–H groups in total. The second-order valence-electron chi connectivity index (χ2n) is 6.18. The largest absolute Gasteiger partial charge is 0.456 e. The van der Waals surface area contributed by atoms with Crippen LogP contribution >= 0.6 is 11.6 Å². The van der Waals surface area contributed by atoms with Crippen LogP contribution in [0.4, 0.5) is 5.69 Å². The van der Waals surface area contributed by atoms with Crippen molar-refractivity contribution >= 4 is 39.0 Å². The lowest BCUT2D eigenvalue weighted by Crippen LogP contribution is -2.23. The summed E-state index contributed by atoms with van der Waals surface area (Å²) in [7, 11) is -3.06. The summed E-state index contributed by atoms with van der Waals surface area (Å²) in [5.41, 5.74) is 0.934. The molecule has 2 heterocycles. The SMILES string of the molecule is O=C(COC(=O)C[C@H]1CCS(=O)(=O)C1)Nc1cc(Cl)ccc1-n1cncn1. The molecule has 9 nitrogen and oxygen atoms in total. The number of sulfone groups is 1. The van der Waals surface area contributed by atoms with Crippen LogP contribution in [0.3, 0.4) is 0 Å². The number of halogens is 1. The molecule has 2 aromatic rings. The van der Waals surface area contributed by atoms with E-state index in [2.05, 4.69) is 15.4 Å². The summed E-state index contributed by atoms with van der Waals surface area (Å²) in [6.07, 6.45) is 3.24. The molecule has 1 fully saturated rings. The van der Waals surface area contributed by atoms with Crippen LogP contribution in [0.25, 0.3) is 5.69 Å². The van der Waals surface area contributed by atoms with E-state index in [4.69, 9.17) is 16.3 Å². The Labute approximate surface area is 160 Å². The Kier molecular flexibility index (Phi) is 5.76. The van der Waals surface area contributed by atoms with E-state index in [1.165, 1.54) is 17.3 Å². The first-order valence-electron chi connectivity index (χ1n) is 8.13. The van der Waals surface area contributed by atoms with Gasteiger partial charge in [-0.2, -0.15) is 5.10 Å². The Morgan fingerprint density at radius 1 is 1.37 bits per heavy atom. The summed E-state index contributed by atoms with van der Waals surface area (Å²) in [6.45, 7) is -0.485. The maximum absolute atomic E-state index is 12.1. The molecule has 11 heteroatoms. The number of nitrogens with zero attached hydrogens (tertiary/aromatic N) is 3. The van der Waals surface area contributed by atoms with Crippen LogP contribution in [0.1, 0.15) is 12.8 Å². The van der Waals surface area contributed by atoms with E-state index >= 15 is 0 Å². The predicted molar refractivity (Wildman–Crippen MR) is 97.3 cm³/mol. The smallest absolute Gasteiger partial charge is 0.306 e. The molecular weight excluding hydrogens is 396 g/mol. The van der Waals surface area contributed by atoms with Crippen molar-refractivity contribution in [1.29, 1.82) is 0 Å². The summed E-state index contributed by atoms with van der Waals surface area (Å²) in [5.74, 6) is -1.33. The summed E-state index contributed by atoms with van der Waals surface area (Å²) < 4.78 is 29.2. The molecular formula is C16H17ClN4O5S. The van der Waals surface area contributed by atoms with E-state index in [-0.39, 0.29) is 23.8 Å². The predicted octanol–water partition coefficient (Wildman–Crippen LogP) is 1.23. The highest BCUT2D eigenvalue weighted by atomic mass is 35.5. The van der Waals surface area contributed by atoms with Crippen molar-refractivity contribution in [2.75, 3.05) is 23.4 Å². The van der Waals surface area contributed by atoms with E-state index in [9.17, 15) is 18.0 Å². The molecule has 27 heavy (non-hydrogen) atoms. The highest BCUT2D eigenvalue weighted by Gasteiger charge is 2.30. The second kappa shape index (κ2) is 8.05. The third kappa shape index (κ3) is 5.27. The number of hydrogen-bond donors (Lipinski definition) is 1. The molecule has 0 saturated carbocycles. The summed E-state index contributed by atoms with van der Waals surface area (Å²) in [4.78, 5) is 27.8. The van der Waals surface area contributed by atoms with E-state index in [1.54, 1.807) is 18.2 Å².